The molecule has 3 N–H and O–H groups in total. The highest BCUT2D eigenvalue weighted by Crippen LogP contribution is 2.13. The molecule has 0 atom stereocenters. The van der Waals surface area contributed by atoms with Gasteiger partial charge in [-0.3, -0.25) is 4.79 Å². The van der Waals surface area contributed by atoms with E-state index in [0.717, 1.165) is 0 Å². The first-order valence-corrected chi connectivity index (χ1v) is 7.52. The molecule has 0 aliphatic rings. The van der Waals surface area contributed by atoms with E-state index in [1.165, 1.54) is 12.1 Å². The molecule has 1 aromatic carbocycles. The fourth-order valence-electron chi connectivity index (χ4n) is 1.45. The van der Waals surface area contributed by atoms with Crippen LogP contribution in [0.1, 0.15) is 13.3 Å². The van der Waals surface area contributed by atoms with Crippen LogP contribution in [0.4, 0.5) is 5.69 Å². The second-order valence-electron chi connectivity index (χ2n) is 3.93. The number of carbonyl (C=O) groups is 1. The summed E-state index contributed by atoms with van der Waals surface area (Å²) in [6.07, 6.45) is 0.369. The van der Waals surface area contributed by atoms with Gasteiger partial charge < -0.3 is 10.6 Å². The molecule has 0 bridgehead atoms. The summed E-state index contributed by atoms with van der Waals surface area (Å²) >= 11 is 0. The molecule has 1 rings (SSSR count). The van der Waals surface area contributed by atoms with Crippen molar-refractivity contribution in [1.82, 2.24) is 10.0 Å². The maximum Gasteiger partial charge on any atom is 0.240 e. The molecule has 19 heavy (non-hydrogen) atoms. The molecule has 0 aromatic heterocycles. The Balaban J connectivity index is 2.69. The number of rotatable bonds is 7. The Morgan fingerprint density at radius 3 is 2.37 bits per heavy atom. The Hall–Kier alpha value is -1.44. The standard InChI is InChI=1S/C12H19N3O3S/c1-3-14-19(17,18)11-6-4-10(5-7-11)15-12(16)8-9-13-2/h4-7,13-14H,3,8-9H2,1-2H3,(H,15,16). The van der Waals surface area contributed by atoms with Gasteiger partial charge in [0.1, 0.15) is 0 Å². The Bertz CT molecular complexity index is 512. The number of nitrogens with one attached hydrogen (secondary N) is 3. The largest absolute Gasteiger partial charge is 0.326 e. The lowest BCUT2D eigenvalue weighted by Gasteiger charge is -2.07. The number of anilines is 1. The Labute approximate surface area is 113 Å². The summed E-state index contributed by atoms with van der Waals surface area (Å²) in [4.78, 5) is 11.7. The SMILES string of the molecule is CCNS(=O)(=O)c1ccc(NC(=O)CCNC)cc1. The fraction of sp³-hybridized carbons (Fsp3) is 0.417. The van der Waals surface area contributed by atoms with Crippen LogP contribution in [0.5, 0.6) is 0 Å². The van der Waals surface area contributed by atoms with Gasteiger partial charge in [-0.15, -0.1) is 0 Å². The molecule has 1 aromatic rings. The lowest BCUT2D eigenvalue weighted by atomic mass is 10.3. The molecule has 1 amide bonds. The summed E-state index contributed by atoms with van der Waals surface area (Å²) in [5, 5.41) is 5.57. The van der Waals surface area contributed by atoms with E-state index in [4.69, 9.17) is 0 Å². The molecule has 106 valence electrons. The normalized spacial score (nSPS) is 11.3. The first kappa shape index (κ1) is 15.6. The molecule has 7 heteroatoms. The van der Waals surface area contributed by atoms with E-state index >= 15 is 0 Å². The molecule has 0 unspecified atom stereocenters. The third kappa shape index (κ3) is 4.98. The van der Waals surface area contributed by atoms with Crippen molar-refractivity contribution >= 4 is 21.6 Å². The van der Waals surface area contributed by atoms with Crippen LogP contribution < -0.4 is 15.4 Å². The van der Waals surface area contributed by atoms with E-state index in [1.807, 2.05) is 0 Å². The fourth-order valence-corrected chi connectivity index (χ4v) is 2.49. The molecule has 0 fully saturated rings. The van der Waals surface area contributed by atoms with Gasteiger partial charge in [0.15, 0.2) is 0 Å². The zero-order valence-electron chi connectivity index (χ0n) is 11.1. The zero-order chi connectivity index (χ0) is 14.3. The number of benzene rings is 1. The van der Waals surface area contributed by atoms with Crippen molar-refractivity contribution in [2.24, 2.45) is 0 Å². The van der Waals surface area contributed by atoms with E-state index in [9.17, 15) is 13.2 Å². The molecule has 0 aliphatic heterocycles. The van der Waals surface area contributed by atoms with Crippen LogP contribution in [0, 0.1) is 0 Å². The van der Waals surface area contributed by atoms with Gasteiger partial charge in [0.25, 0.3) is 0 Å². The van der Waals surface area contributed by atoms with Gasteiger partial charge >= 0.3 is 0 Å². The molecule has 0 spiro atoms. The highest BCUT2D eigenvalue weighted by Gasteiger charge is 2.12. The van der Waals surface area contributed by atoms with Crippen LogP contribution in [0.3, 0.4) is 0 Å². The second kappa shape index (κ2) is 7.22. The molecule has 0 radical (unpaired) electrons. The van der Waals surface area contributed by atoms with Gasteiger partial charge in [0.2, 0.25) is 15.9 Å². The Morgan fingerprint density at radius 1 is 1.21 bits per heavy atom. The van der Waals surface area contributed by atoms with E-state index in [-0.39, 0.29) is 10.8 Å². The van der Waals surface area contributed by atoms with Crippen molar-refractivity contribution in [2.45, 2.75) is 18.2 Å². The maximum atomic E-state index is 11.7. The molecule has 0 heterocycles. The second-order valence-corrected chi connectivity index (χ2v) is 5.69. The van der Waals surface area contributed by atoms with Crippen molar-refractivity contribution in [1.29, 1.82) is 0 Å². The lowest BCUT2D eigenvalue weighted by molar-refractivity contribution is -0.116. The summed E-state index contributed by atoms with van der Waals surface area (Å²) in [5.74, 6) is -0.114. The minimum absolute atomic E-state index is 0.114. The van der Waals surface area contributed by atoms with E-state index in [1.54, 1.807) is 26.1 Å². The van der Waals surface area contributed by atoms with Gasteiger partial charge in [-0.1, -0.05) is 6.92 Å². The first-order chi connectivity index (χ1) is 8.99. The smallest absolute Gasteiger partial charge is 0.240 e. The minimum Gasteiger partial charge on any atom is -0.326 e. The zero-order valence-corrected chi connectivity index (χ0v) is 11.9. The molecule has 0 saturated carbocycles. The van der Waals surface area contributed by atoms with Gasteiger partial charge in [0.05, 0.1) is 4.90 Å². The van der Waals surface area contributed by atoms with Crippen molar-refractivity contribution in [3.63, 3.8) is 0 Å². The molecule has 6 nitrogen and oxygen atoms in total. The number of hydrogen-bond donors (Lipinski definition) is 3. The minimum atomic E-state index is -3.44. The van der Waals surface area contributed by atoms with Crippen LogP contribution in [0.15, 0.2) is 29.2 Å². The average molecular weight is 285 g/mol. The van der Waals surface area contributed by atoms with Crippen molar-refractivity contribution < 1.29 is 13.2 Å². The van der Waals surface area contributed by atoms with Crippen molar-refractivity contribution in [3.8, 4) is 0 Å². The Morgan fingerprint density at radius 2 is 1.84 bits per heavy atom. The van der Waals surface area contributed by atoms with Crippen LogP contribution >= 0.6 is 0 Å². The number of hydrogen-bond acceptors (Lipinski definition) is 4. The van der Waals surface area contributed by atoms with Crippen molar-refractivity contribution in [3.05, 3.63) is 24.3 Å². The van der Waals surface area contributed by atoms with Gasteiger partial charge in [-0.05, 0) is 31.3 Å². The lowest BCUT2D eigenvalue weighted by Crippen LogP contribution is -2.23. The van der Waals surface area contributed by atoms with E-state index in [0.29, 0.717) is 25.2 Å². The summed E-state index contributed by atoms with van der Waals surface area (Å²) in [5.41, 5.74) is 0.580. The van der Waals surface area contributed by atoms with Crippen LogP contribution in [-0.2, 0) is 14.8 Å². The topological polar surface area (TPSA) is 87.3 Å². The van der Waals surface area contributed by atoms with Crippen molar-refractivity contribution in [2.75, 3.05) is 25.5 Å². The Kier molecular flexibility index (Phi) is 5.94. The summed E-state index contributed by atoms with van der Waals surface area (Å²) in [6.45, 7) is 2.65. The highest BCUT2D eigenvalue weighted by molar-refractivity contribution is 7.89. The van der Waals surface area contributed by atoms with Gasteiger partial charge in [-0.2, -0.15) is 0 Å². The van der Waals surface area contributed by atoms with Crippen LogP contribution in [0.25, 0.3) is 0 Å². The maximum absolute atomic E-state index is 11.7. The molecule has 0 saturated heterocycles. The predicted molar refractivity (Wildman–Crippen MR) is 74.5 cm³/mol. The number of sulfonamides is 1. The summed E-state index contributed by atoms with van der Waals surface area (Å²) < 4.78 is 25.8. The predicted octanol–water partition coefficient (Wildman–Crippen LogP) is 0.533. The molecular weight excluding hydrogens is 266 g/mol. The average Bonchev–Trinajstić information content (AvgIpc) is 2.37. The number of amides is 1. The van der Waals surface area contributed by atoms with Crippen LogP contribution in [-0.4, -0.2) is 34.5 Å². The van der Waals surface area contributed by atoms with E-state index in [2.05, 4.69) is 15.4 Å². The number of carbonyl (C=O) groups excluding carboxylic acids is 1. The van der Waals surface area contributed by atoms with Crippen LogP contribution in [0.2, 0.25) is 0 Å². The third-order valence-corrected chi connectivity index (χ3v) is 3.95. The van der Waals surface area contributed by atoms with Gasteiger partial charge in [0, 0.05) is 25.2 Å². The third-order valence-electron chi connectivity index (χ3n) is 2.38. The molecular formula is C12H19N3O3S. The van der Waals surface area contributed by atoms with E-state index < -0.39 is 10.0 Å². The summed E-state index contributed by atoms with van der Waals surface area (Å²) in [7, 11) is -1.67. The van der Waals surface area contributed by atoms with Gasteiger partial charge in [-0.25, -0.2) is 13.1 Å². The molecule has 0 aliphatic carbocycles. The first-order valence-electron chi connectivity index (χ1n) is 6.03. The summed E-state index contributed by atoms with van der Waals surface area (Å²) in [6, 6.07) is 6.07. The highest BCUT2D eigenvalue weighted by atomic mass is 32.2. The quantitative estimate of drug-likeness (QED) is 0.682. The monoisotopic (exact) mass is 285 g/mol.